The summed E-state index contributed by atoms with van der Waals surface area (Å²) in [4.78, 5) is 29.2. The van der Waals surface area contributed by atoms with Gasteiger partial charge in [-0.05, 0) is 38.1 Å². The third-order valence-corrected chi connectivity index (χ3v) is 4.18. The van der Waals surface area contributed by atoms with Crippen molar-refractivity contribution in [3.63, 3.8) is 0 Å². The fourth-order valence-corrected chi connectivity index (χ4v) is 2.95. The minimum Gasteiger partial charge on any atom is -0.465 e. The lowest BCUT2D eigenvalue weighted by Crippen LogP contribution is -2.32. The zero-order valence-corrected chi connectivity index (χ0v) is 16.1. The van der Waals surface area contributed by atoms with Gasteiger partial charge in [0.1, 0.15) is 5.82 Å². The van der Waals surface area contributed by atoms with Crippen LogP contribution in [-0.2, 0) is 0 Å². The summed E-state index contributed by atoms with van der Waals surface area (Å²) in [5.74, 6) is 6.09. The molecule has 2 atom stereocenters. The Morgan fingerprint density at radius 3 is 2.54 bits per heavy atom. The molecule has 2 N–H and O–H groups in total. The molecule has 1 amide bonds. The number of nitrogens with one attached hydrogen (secondary N) is 1. The van der Waals surface area contributed by atoms with E-state index in [1.54, 1.807) is 56.3 Å². The molecule has 0 fully saturated rings. The maximum Gasteiger partial charge on any atom is 0.405 e. The molecule has 0 saturated heterocycles. The number of carboxylic acid groups (broad SMARTS) is 1. The van der Waals surface area contributed by atoms with Gasteiger partial charge in [-0.25, -0.2) is 9.78 Å². The monoisotopic (exact) mass is 395 g/mol. The van der Waals surface area contributed by atoms with Crippen molar-refractivity contribution in [2.24, 2.45) is 0 Å². The minimum atomic E-state index is -1.20. The van der Waals surface area contributed by atoms with Gasteiger partial charge < -0.3 is 10.4 Å². The molecule has 28 heavy (non-hydrogen) atoms. The molecule has 7 heteroatoms. The summed E-state index contributed by atoms with van der Waals surface area (Å²) in [6, 6.07) is 13.5. The summed E-state index contributed by atoms with van der Waals surface area (Å²) in [6.45, 7) is 3.39. The van der Waals surface area contributed by atoms with Crippen molar-refractivity contribution in [3.8, 4) is 17.5 Å². The van der Waals surface area contributed by atoms with Crippen LogP contribution in [0.1, 0.15) is 31.3 Å². The third-order valence-electron chi connectivity index (χ3n) is 4.07. The Labute approximate surface area is 166 Å². The third kappa shape index (κ3) is 4.00. The lowest BCUT2D eigenvalue weighted by Gasteiger charge is -2.18. The number of hydrogen-bond donors (Lipinski definition) is 2. The van der Waals surface area contributed by atoms with Gasteiger partial charge in [-0.2, -0.15) is 0 Å². The van der Waals surface area contributed by atoms with Crippen molar-refractivity contribution in [2.45, 2.75) is 25.3 Å². The van der Waals surface area contributed by atoms with E-state index in [1.165, 1.54) is 4.57 Å². The highest BCUT2D eigenvalue weighted by Crippen LogP contribution is 2.20. The predicted octanol–water partition coefficient (Wildman–Crippen LogP) is 3.69. The number of benzene rings is 2. The number of para-hydroxylation sites is 1. The van der Waals surface area contributed by atoms with Gasteiger partial charge in [0.25, 0.3) is 5.56 Å². The van der Waals surface area contributed by atoms with E-state index in [0.29, 0.717) is 28.0 Å². The molecule has 2 aromatic carbocycles. The van der Waals surface area contributed by atoms with Crippen molar-refractivity contribution >= 4 is 28.6 Å². The van der Waals surface area contributed by atoms with E-state index in [1.807, 2.05) is 6.07 Å². The average molecular weight is 396 g/mol. The Balaban J connectivity index is 2.36. The second-order valence-corrected chi connectivity index (χ2v) is 6.86. The topological polar surface area (TPSA) is 84.2 Å². The summed E-state index contributed by atoms with van der Waals surface area (Å²) in [7, 11) is 0. The van der Waals surface area contributed by atoms with E-state index in [9.17, 15) is 9.59 Å². The van der Waals surface area contributed by atoms with Crippen LogP contribution in [0.25, 0.3) is 16.6 Å². The lowest BCUT2D eigenvalue weighted by molar-refractivity contribution is 0.190. The minimum absolute atomic E-state index is 0.293. The van der Waals surface area contributed by atoms with Gasteiger partial charge in [0.15, 0.2) is 0 Å². The van der Waals surface area contributed by atoms with Crippen LogP contribution in [0.4, 0.5) is 4.79 Å². The number of nitrogens with zero attached hydrogens (tertiary/aromatic N) is 2. The molecule has 3 aromatic rings. The van der Waals surface area contributed by atoms with Gasteiger partial charge in [-0.15, -0.1) is 11.6 Å². The number of carbonyl (C=O) groups is 1. The van der Waals surface area contributed by atoms with Crippen LogP contribution in [-0.4, -0.2) is 26.1 Å². The fraction of sp³-hybridized carbons (Fsp3) is 0.190. The average Bonchev–Trinajstić information content (AvgIpc) is 2.66. The SMILES string of the molecule is CC(Cl)C#Cc1cccc2nc([C@H](C)NC(=O)O)n(-c3ccccc3)c(=O)c12. The highest BCUT2D eigenvalue weighted by Gasteiger charge is 2.20. The summed E-state index contributed by atoms with van der Waals surface area (Å²) >= 11 is 5.92. The van der Waals surface area contributed by atoms with Crippen molar-refractivity contribution in [1.29, 1.82) is 0 Å². The highest BCUT2D eigenvalue weighted by atomic mass is 35.5. The van der Waals surface area contributed by atoms with Gasteiger partial charge in [-0.1, -0.05) is 36.1 Å². The van der Waals surface area contributed by atoms with Crippen LogP contribution in [0.5, 0.6) is 0 Å². The Hall–Kier alpha value is -3.30. The summed E-state index contributed by atoms with van der Waals surface area (Å²) < 4.78 is 1.41. The molecular formula is C21H18ClN3O3. The first kappa shape index (κ1) is 19.5. The number of fused-ring (bicyclic) bond motifs is 1. The first-order chi connectivity index (χ1) is 13.4. The number of halogens is 1. The van der Waals surface area contributed by atoms with Crippen molar-refractivity contribution in [2.75, 3.05) is 0 Å². The maximum atomic E-state index is 13.5. The van der Waals surface area contributed by atoms with Crippen molar-refractivity contribution in [1.82, 2.24) is 14.9 Å². The molecule has 1 unspecified atom stereocenters. The first-order valence-electron chi connectivity index (χ1n) is 8.64. The number of aromatic nitrogens is 2. The van der Waals surface area contributed by atoms with E-state index in [0.717, 1.165) is 0 Å². The molecule has 3 rings (SSSR count). The van der Waals surface area contributed by atoms with Gasteiger partial charge in [0.2, 0.25) is 0 Å². The van der Waals surface area contributed by atoms with E-state index in [4.69, 9.17) is 16.7 Å². The molecule has 0 saturated carbocycles. The molecular weight excluding hydrogens is 378 g/mol. The Kier molecular flexibility index (Phi) is 5.67. The maximum absolute atomic E-state index is 13.5. The van der Waals surface area contributed by atoms with Gasteiger partial charge in [-0.3, -0.25) is 9.36 Å². The van der Waals surface area contributed by atoms with E-state index >= 15 is 0 Å². The zero-order valence-electron chi connectivity index (χ0n) is 15.3. The summed E-state index contributed by atoms with van der Waals surface area (Å²) in [6.07, 6.45) is -1.20. The van der Waals surface area contributed by atoms with Crippen LogP contribution in [0.2, 0.25) is 0 Å². The van der Waals surface area contributed by atoms with E-state index in [-0.39, 0.29) is 10.9 Å². The normalized spacial score (nSPS) is 12.7. The molecule has 142 valence electrons. The standard InChI is InChI=1S/C21H18ClN3O3/c1-13(22)11-12-15-7-6-10-17-18(15)20(26)25(16-8-4-3-5-9-16)19(24-17)14(2)23-21(27)28/h3-10,13-14,23H,1-2H3,(H,27,28)/t13?,14-/m0/s1. The van der Waals surface area contributed by atoms with E-state index < -0.39 is 12.1 Å². The first-order valence-corrected chi connectivity index (χ1v) is 9.08. The van der Waals surface area contributed by atoms with Crippen LogP contribution >= 0.6 is 11.6 Å². The predicted molar refractivity (Wildman–Crippen MR) is 109 cm³/mol. The van der Waals surface area contributed by atoms with Crippen LogP contribution in [0.3, 0.4) is 0 Å². The van der Waals surface area contributed by atoms with Gasteiger partial charge in [0, 0.05) is 5.56 Å². The number of alkyl halides is 1. The smallest absolute Gasteiger partial charge is 0.405 e. The molecule has 0 spiro atoms. The largest absolute Gasteiger partial charge is 0.465 e. The van der Waals surface area contributed by atoms with Crippen LogP contribution in [0, 0.1) is 11.8 Å². The molecule has 0 bridgehead atoms. The molecule has 0 aliphatic heterocycles. The Bertz CT molecular complexity index is 1140. The second-order valence-electron chi connectivity index (χ2n) is 6.20. The van der Waals surface area contributed by atoms with Gasteiger partial charge in [0.05, 0.1) is 28.0 Å². The summed E-state index contributed by atoms with van der Waals surface area (Å²) in [5.41, 5.74) is 1.24. The van der Waals surface area contributed by atoms with Gasteiger partial charge >= 0.3 is 6.09 Å². The Morgan fingerprint density at radius 1 is 1.18 bits per heavy atom. The molecule has 0 aliphatic rings. The number of rotatable bonds is 3. The van der Waals surface area contributed by atoms with Crippen LogP contribution < -0.4 is 10.9 Å². The van der Waals surface area contributed by atoms with Crippen LogP contribution in [0.15, 0.2) is 53.3 Å². The quantitative estimate of drug-likeness (QED) is 0.523. The molecule has 0 radical (unpaired) electrons. The lowest BCUT2D eigenvalue weighted by atomic mass is 10.1. The zero-order chi connectivity index (χ0) is 20.3. The number of amides is 1. The Morgan fingerprint density at radius 2 is 1.89 bits per heavy atom. The molecule has 1 heterocycles. The van der Waals surface area contributed by atoms with E-state index in [2.05, 4.69) is 22.1 Å². The second kappa shape index (κ2) is 8.15. The molecule has 6 nitrogen and oxygen atoms in total. The molecule has 0 aliphatic carbocycles. The van der Waals surface area contributed by atoms with Crippen molar-refractivity contribution < 1.29 is 9.90 Å². The number of hydrogen-bond acceptors (Lipinski definition) is 3. The highest BCUT2D eigenvalue weighted by molar-refractivity contribution is 6.22. The molecule has 1 aromatic heterocycles. The summed E-state index contributed by atoms with van der Waals surface area (Å²) in [5, 5.41) is 11.5. The fourth-order valence-electron chi connectivity index (χ4n) is 2.90. The van der Waals surface area contributed by atoms with Crippen molar-refractivity contribution in [3.05, 3.63) is 70.3 Å².